The summed E-state index contributed by atoms with van der Waals surface area (Å²) >= 11 is 0. The van der Waals surface area contributed by atoms with Gasteiger partial charge >= 0.3 is 0 Å². The summed E-state index contributed by atoms with van der Waals surface area (Å²) in [7, 11) is 0. The molecule has 0 aromatic heterocycles. The van der Waals surface area contributed by atoms with Crippen LogP contribution < -0.4 is 10.6 Å². The van der Waals surface area contributed by atoms with Crippen LogP contribution in [0.5, 0.6) is 0 Å². The molecule has 1 amide bonds. The van der Waals surface area contributed by atoms with Crippen molar-refractivity contribution in [1.82, 2.24) is 0 Å². The minimum atomic E-state index is -0.265. The van der Waals surface area contributed by atoms with Gasteiger partial charge in [0.25, 0.3) is 5.91 Å². The van der Waals surface area contributed by atoms with Gasteiger partial charge in [-0.25, -0.2) is 0 Å². The zero-order chi connectivity index (χ0) is 12.4. The molecule has 0 spiro atoms. The third-order valence-corrected chi connectivity index (χ3v) is 3.53. The van der Waals surface area contributed by atoms with Gasteiger partial charge in [0.15, 0.2) is 0 Å². The number of hydrogen-bond acceptors (Lipinski definition) is 3. The summed E-state index contributed by atoms with van der Waals surface area (Å²) in [5.74, 6) is -0.0174. The second-order valence-electron chi connectivity index (χ2n) is 4.89. The van der Waals surface area contributed by atoms with Crippen LogP contribution in [-0.4, -0.2) is 25.2 Å². The highest BCUT2D eigenvalue weighted by Crippen LogP contribution is 2.25. The molecular formula is C14H19ClN2O2. The Labute approximate surface area is 119 Å². The number of rotatable bonds is 2. The summed E-state index contributed by atoms with van der Waals surface area (Å²) < 4.78 is 5.38. The maximum Gasteiger partial charge on any atom is 0.253 e. The van der Waals surface area contributed by atoms with Crippen LogP contribution in [0, 0.1) is 0 Å². The van der Waals surface area contributed by atoms with E-state index in [2.05, 4.69) is 16.7 Å². The van der Waals surface area contributed by atoms with E-state index in [-0.39, 0.29) is 24.4 Å². The molecule has 1 fully saturated rings. The van der Waals surface area contributed by atoms with Gasteiger partial charge in [-0.2, -0.15) is 0 Å². The topological polar surface area (TPSA) is 50.4 Å². The van der Waals surface area contributed by atoms with Gasteiger partial charge < -0.3 is 15.4 Å². The van der Waals surface area contributed by atoms with Gasteiger partial charge in [-0.15, -0.1) is 12.4 Å². The molecule has 2 N–H and O–H groups in total. The number of fused-ring (bicyclic) bond motifs is 1. The summed E-state index contributed by atoms with van der Waals surface area (Å²) in [5.41, 5.74) is 3.35. The highest BCUT2D eigenvalue weighted by Gasteiger charge is 2.23. The van der Waals surface area contributed by atoms with E-state index in [1.165, 1.54) is 11.3 Å². The fourth-order valence-electron chi connectivity index (χ4n) is 2.56. The van der Waals surface area contributed by atoms with Crippen LogP contribution in [0.3, 0.4) is 0 Å². The van der Waals surface area contributed by atoms with Gasteiger partial charge in [0.1, 0.15) is 6.10 Å². The number of ether oxygens (including phenoxy) is 1. The Morgan fingerprint density at radius 3 is 3.05 bits per heavy atom. The minimum Gasteiger partial charge on any atom is -0.385 e. The lowest BCUT2D eigenvalue weighted by Gasteiger charge is -2.19. The molecule has 1 saturated heterocycles. The van der Waals surface area contributed by atoms with Gasteiger partial charge in [-0.1, -0.05) is 0 Å². The van der Waals surface area contributed by atoms with Crippen LogP contribution in [0.2, 0.25) is 0 Å². The average molecular weight is 283 g/mol. The van der Waals surface area contributed by atoms with Gasteiger partial charge in [-0.3, -0.25) is 4.79 Å². The number of nitrogens with one attached hydrogen (secondary N) is 2. The molecule has 2 aliphatic heterocycles. The van der Waals surface area contributed by atoms with Crippen molar-refractivity contribution < 1.29 is 9.53 Å². The highest BCUT2D eigenvalue weighted by molar-refractivity contribution is 5.94. The minimum absolute atomic E-state index is 0. The predicted octanol–water partition coefficient (Wildman–Crippen LogP) is 2.58. The molecule has 104 valence electrons. The maximum atomic E-state index is 11.9. The van der Waals surface area contributed by atoms with Crippen LogP contribution in [-0.2, 0) is 16.0 Å². The van der Waals surface area contributed by atoms with Crippen LogP contribution in [0.4, 0.5) is 11.4 Å². The number of carbonyl (C=O) groups excluding carboxylic acids is 1. The molecule has 0 bridgehead atoms. The first kappa shape index (κ1) is 14.2. The zero-order valence-corrected chi connectivity index (χ0v) is 11.6. The molecule has 0 radical (unpaired) electrons. The van der Waals surface area contributed by atoms with E-state index in [1.807, 2.05) is 12.1 Å². The number of hydrogen-bond donors (Lipinski definition) is 2. The molecule has 0 saturated carbocycles. The van der Waals surface area contributed by atoms with E-state index in [0.717, 1.165) is 37.9 Å². The van der Waals surface area contributed by atoms with Crippen molar-refractivity contribution in [3.05, 3.63) is 23.8 Å². The Kier molecular flexibility index (Phi) is 4.66. The fraction of sp³-hybridized carbons (Fsp3) is 0.500. The third kappa shape index (κ3) is 3.19. The zero-order valence-electron chi connectivity index (χ0n) is 10.8. The molecular weight excluding hydrogens is 264 g/mol. The molecule has 0 unspecified atom stereocenters. The van der Waals surface area contributed by atoms with Crippen molar-refractivity contribution >= 4 is 29.7 Å². The standard InChI is InChI=1S/C14H18N2O2.ClH/c17-14(13-4-2-8-18-13)16-11-5-6-12-10(9-11)3-1-7-15-12;/h5-6,9,13,15H,1-4,7-8H2,(H,16,17);1H/t13-;/m0./s1. The van der Waals surface area contributed by atoms with Crippen LogP contribution in [0.25, 0.3) is 0 Å². The lowest BCUT2D eigenvalue weighted by Crippen LogP contribution is -2.27. The van der Waals surface area contributed by atoms with Crippen molar-refractivity contribution in [2.24, 2.45) is 0 Å². The van der Waals surface area contributed by atoms with Gasteiger partial charge in [-0.05, 0) is 49.4 Å². The van der Waals surface area contributed by atoms with E-state index in [9.17, 15) is 4.79 Å². The van der Waals surface area contributed by atoms with Crippen LogP contribution in [0.15, 0.2) is 18.2 Å². The van der Waals surface area contributed by atoms with Crippen molar-refractivity contribution in [3.63, 3.8) is 0 Å². The van der Waals surface area contributed by atoms with Crippen LogP contribution in [0.1, 0.15) is 24.8 Å². The number of halogens is 1. The smallest absolute Gasteiger partial charge is 0.253 e. The predicted molar refractivity (Wildman–Crippen MR) is 78.1 cm³/mol. The van der Waals surface area contributed by atoms with Crippen LogP contribution >= 0.6 is 12.4 Å². The van der Waals surface area contributed by atoms with E-state index < -0.39 is 0 Å². The van der Waals surface area contributed by atoms with E-state index >= 15 is 0 Å². The van der Waals surface area contributed by atoms with Crippen molar-refractivity contribution in [2.75, 3.05) is 23.8 Å². The summed E-state index contributed by atoms with van der Waals surface area (Å²) in [5, 5.41) is 6.30. The van der Waals surface area contributed by atoms with Crippen molar-refractivity contribution in [1.29, 1.82) is 0 Å². The average Bonchev–Trinajstić information content (AvgIpc) is 2.92. The first-order valence-electron chi connectivity index (χ1n) is 6.62. The molecule has 2 heterocycles. The SMILES string of the molecule is Cl.O=C(Nc1ccc2c(c1)CCCN2)[C@@H]1CCCO1. The lowest BCUT2D eigenvalue weighted by atomic mass is 10.0. The van der Waals surface area contributed by atoms with Crippen molar-refractivity contribution in [3.8, 4) is 0 Å². The Balaban J connectivity index is 0.00000133. The Morgan fingerprint density at radius 2 is 2.26 bits per heavy atom. The number of aryl methyl sites for hydroxylation is 1. The first-order chi connectivity index (χ1) is 8.83. The summed E-state index contributed by atoms with van der Waals surface area (Å²) in [6.07, 6.45) is 3.77. The molecule has 1 aromatic carbocycles. The highest BCUT2D eigenvalue weighted by atomic mass is 35.5. The van der Waals surface area contributed by atoms with Gasteiger partial charge in [0, 0.05) is 24.5 Å². The summed E-state index contributed by atoms with van der Waals surface area (Å²) in [6.45, 7) is 1.74. The molecule has 1 atom stereocenters. The van der Waals surface area contributed by atoms with E-state index in [0.29, 0.717) is 6.61 Å². The van der Waals surface area contributed by atoms with E-state index in [1.54, 1.807) is 0 Å². The quantitative estimate of drug-likeness (QED) is 0.877. The number of benzene rings is 1. The molecule has 0 aliphatic carbocycles. The van der Waals surface area contributed by atoms with E-state index in [4.69, 9.17) is 4.74 Å². The van der Waals surface area contributed by atoms with Crippen molar-refractivity contribution in [2.45, 2.75) is 31.8 Å². The Hall–Kier alpha value is -1.26. The summed E-state index contributed by atoms with van der Waals surface area (Å²) in [6, 6.07) is 6.05. The second kappa shape index (κ2) is 6.26. The maximum absolute atomic E-state index is 11.9. The first-order valence-corrected chi connectivity index (χ1v) is 6.62. The molecule has 3 rings (SSSR count). The fourth-order valence-corrected chi connectivity index (χ4v) is 2.56. The molecule has 4 nitrogen and oxygen atoms in total. The number of amides is 1. The van der Waals surface area contributed by atoms with Gasteiger partial charge in [0.2, 0.25) is 0 Å². The number of carbonyl (C=O) groups is 1. The normalized spacial score (nSPS) is 20.9. The second-order valence-corrected chi connectivity index (χ2v) is 4.89. The molecule has 1 aromatic rings. The monoisotopic (exact) mass is 282 g/mol. The lowest BCUT2D eigenvalue weighted by molar-refractivity contribution is -0.124. The Morgan fingerprint density at radius 1 is 1.37 bits per heavy atom. The summed E-state index contributed by atoms with van der Waals surface area (Å²) in [4.78, 5) is 11.9. The Bertz CT molecular complexity index is 459. The number of anilines is 2. The van der Waals surface area contributed by atoms with Gasteiger partial charge in [0.05, 0.1) is 0 Å². The largest absolute Gasteiger partial charge is 0.385 e. The molecule has 19 heavy (non-hydrogen) atoms. The molecule has 2 aliphatic rings. The molecule has 5 heteroatoms. The third-order valence-electron chi connectivity index (χ3n) is 3.53.